The number of hydrogen-bond donors (Lipinski definition) is 0. The van der Waals surface area contributed by atoms with Gasteiger partial charge in [0, 0.05) is 18.1 Å². The molecule has 2 aliphatic heterocycles. The van der Waals surface area contributed by atoms with Crippen LogP contribution in [0.1, 0.15) is 22.6 Å². The summed E-state index contributed by atoms with van der Waals surface area (Å²) in [5.41, 5.74) is 3.24. The number of rotatable bonds is 2. The molecule has 2 heterocycles. The molecule has 4 heteroatoms. The molecule has 1 saturated heterocycles. The number of carbonyl (C=O) groups is 1. The van der Waals surface area contributed by atoms with Crippen LogP contribution in [0.25, 0.3) is 0 Å². The van der Waals surface area contributed by atoms with Gasteiger partial charge in [-0.3, -0.25) is 4.79 Å². The summed E-state index contributed by atoms with van der Waals surface area (Å²) < 4.78 is 5.90. The van der Waals surface area contributed by atoms with E-state index in [9.17, 15) is 4.79 Å². The zero-order chi connectivity index (χ0) is 15.1. The maximum Gasteiger partial charge on any atom is 0.233 e. The van der Waals surface area contributed by atoms with Crippen molar-refractivity contribution in [3.63, 3.8) is 0 Å². The lowest BCUT2D eigenvalue weighted by Crippen LogP contribution is -2.28. The normalized spacial score (nSPS) is 23.3. The second kappa shape index (κ2) is 5.41. The molecule has 0 radical (unpaired) electrons. The summed E-state index contributed by atoms with van der Waals surface area (Å²) >= 11 is 6.12. The largest absolute Gasteiger partial charge is 0.371 e. The molecular formula is C18H16ClNO2. The van der Waals surface area contributed by atoms with Crippen LogP contribution in [0.5, 0.6) is 0 Å². The fourth-order valence-electron chi connectivity index (χ4n) is 3.38. The van der Waals surface area contributed by atoms with Crippen molar-refractivity contribution in [3.05, 3.63) is 70.2 Å². The molecule has 3 nitrogen and oxygen atoms in total. The van der Waals surface area contributed by atoms with Crippen molar-refractivity contribution in [2.45, 2.75) is 25.2 Å². The Morgan fingerprint density at radius 1 is 1.18 bits per heavy atom. The van der Waals surface area contributed by atoms with E-state index < -0.39 is 0 Å². The number of nitrogens with zero attached hydrogens (tertiary/aromatic N) is 1. The Morgan fingerprint density at radius 2 is 2.00 bits per heavy atom. The van der Waals surface area contributed by atoms with Gasteiger partial charge >= 0.3 is 0 Å². The lowest BCUT2D eigenvalue weighted by molar-refractivity contribution is -0.130. The highest BCUT2D eigenvalue weighted by Crippen LogP contribution is 2.39. The van der Waals surface area contributed by atoms with Crippen LogP contribution in [0.4, 0.5) is 0 Å². The molecule has 0 spiro atoms. The minimum atomic E-state index is -0.217. The van der Waals surface area contributed by atoms with E-state index in [0.29, 0.717) is 24.7 Å². The van der Waals surface area contributed by atoms with Crippen LogP contribution in [0, 0.1) is 0 Å². The maximum absolute atomic E-state index is 12.8. The van der Waals surface area contributed by atoms with Crippen molar-refractivity contribution in [1.82, 2.24) is 4.90 Å². The van der Waals surface area contributed by atoms with E-state index in [2.05, 4.69) is 0 Å². The standard InChI is InChI=1S/C18H16ClNO2/c19-14-7-6-13-11-22-16-10-20(9-12-4-2-1-3-5-12)18(21)17(16)15(13)8-14/h1-8,16-17H,9-11H2/t16-,17-/m1/s1. The van der Waals surface area contributed by atoms with Crippen LogP contribution in [0.2, 0.25) is 5.02 Å². The predicted octanol–water partition coefficient (Wildman–Crippen LogP) is 3.36. The first-order chi connectivity index (χ1) is 10.7. The molecule has 112 valence electrons. The maximum atomic E-state index is 12.8. The van der Waals surface area contributed by atoms with Crippen molar-refractivity contribution >= 4 is 17.5 Å². The number of likely N-dealkylation sites (tertiary alicyclic amines) is 1. The molecular weight excluding hydrogens is 298 g/mol. The van der Waals surface area contributed by atoms with Crippen LogP contribution >= 0.6 is 11.6 Å². The van der Waals surface area contributed by atoms with E-state index in [1.807, 2.05) is 53.4 Å². The Hall–Kier alpha value is -1.84. The molecule has 2 aliphatic rings. The highest BCUT2D eigenvalue weighted by molar-refractivity contribution is 6.30. The number of carbonyl (C=O) groups excluding carboxylic acids is 1. The monoisotopic (exact) mass is 313 g/mol. The summed E-state index contributed by atoms with van der Waals surface area (Å²) in [5, 5.41) is 0.675. The summed E-state index contributed by atoms with van der Waals surface area (Å²) in [6.45, 7) is 1.83. The van der Waals surface area contributed by atoms with Crippen LogP contribution in [-0.2, 0) is 22.7 Å². The van der Waals surface area contributed by atoms with Gasteiger partial charge in [0.1, 0.15) is 0 Å². The van der Waals surface area contributed by atoms with E-state index in [1.165, 1.54) is 0 Å². The van der Waals surface area contributed by atoms with Crippen LogP contribution in [-0.4, -0.2) is 23.5 Å². The van der Waals surface area contributed by atoms with Crippen molar-refractivity contribution in [3.8, 4) is 0 Å². The molecule has 0 unspecified atom stereocenters. The number of benzene rings is 2. The Bertz CT molecular complexity index is 716. The lowest BCUT2D eigenvalue weighted by Gasteiger charge is -2.26. The van der Waals surface area contributed by atoms with Crippen LogP contribution in [0.15, 0.2) is 48.5 Å². The van der Waals surface area contributed by atoms with Gasteiger partial charge in [-0.1, -0.05) is 48.0 Å². The number of halogens is 1. The van der Waals surface area contributed by atoms with E-state index in [4.69, 9.17) is 16.3 Å². The third kappa shape index (κ3) is 2.31. The van der Waals surface area contributed by atoms with Gasteiger partial charge in [0.25, 0.3) is 0 Å². The summed E-state index contributed by atoms with van der Waals surface area (Å²) in [5.74, 6) is -0.0803. The minimum absolute atomic E-state index is 0.0674. The molecule has 0 N–H and O–H groups in total. The summed E-state index contributed by atoms with van der Waals surface area (Å²) in [4.78, 5) is 14.7. The number of ether oxygens (including phenoxy) is 1. The molecule has 0 aliphatic carbocycles. The topological polar surface area (TPSA) is 29.5 Å². The quantitative estimate of drug-likeness (QED) is 0.851. The van der Waals surface area contributed by atoms with Crippen molar-refractivity contribution in [2.75, 3.05) is 6.54 Å². The summed E-state index contributed by atoms with van der Waals surface area (Å²) in [6.07, 6.45) is -0.0674. The molecule has 22 heavy (non-hydrogen) atoms. The van der Waals surface area contributed by atoms with Crippen molar-refractivity contribution < 1.29 is 9.53 Å². The minimum Gasteiger partial charge on any atom is -0.371 e. The zero-order valence-electron chi connectivity index (χ0n) is 12.0. The SMILES string of the molecule is O=C1[C@@H]2c3cc(Cl)ccc3CO[C@@H]2CN1Cc1ccccc1. The van der Waals surface area contributed by atoms with Crippen LogP contribution in [0.3, 0.4) is 0 Å². The van der Waals surface area contributed by atoms with Gasteiger partial charge in [-0.15, -0.1) is 0 Å². The van der Waals surface area contributed by atoms with E-state index >= 15 is 0 Å². The number of amides is 1. The molecule has 2 aromatic rings. The third-order valence-electron chi connectivity index (χ3n) is 4.46. The average molecular weight is 314 g/mol. The summed E-state index contributed by atoms with van der Waals surface area (Å²) in [6, 6.07) is 15.8. The molecule has 0 saturated carbocycles. The smallest absolute Gasteiger partial charge is 0.233 e. The molecule has 0 bridgehead atoms. The summed E-state index contributed by atoms with van der Waals surface area (Å²) in [7, 11) is 0. The van der Waals surface area contributed by atoms with Gasteiger partial charge in [-0.2, -0.15) is 0 Å². The van der Waals surface area contributed by atoms with E-state index in [-0.39, 0.29) is 17.9 Å². The van der Waals surface area contributed by atoms with Gasteiger partial charge < -0.3 is 9.64 Å². The van der Waals surface area contributed by atoms with Gasteiger partial charge in [-0.25, -0.2) is 0 Å². The Labute approximate surface area is 134 Å². The second-order valence-electron chi connectivity index (χ2n) is 5.87. The first-order valence-electron chi connectivity index (χ1n) is 7.45. The van der Waals surface area contributed by atoms with Crippen molar-refractivity contribution in [2.24, 2.45) is 0 Å². The highest BCUT2D eigenvalue weighted by atomic mass is 35.5. The molecule has 2 aromatic carbocycles. The predicted molar refractivity (Wildman–Crippen MR) is 84.6 cm³/mol. The average Bonchev–Trinajstić information content (AvgIpc) is 2.85. The van der Waals surface area contributed by atoms with Gasteiger partial charge in [0.15, 0.2) is 0 Å². The highest BCUT2D eigenvalue weighted by Gasteiger charge is 2.45. The molecule has 0 aromatic heterocycles. The second-order valence-corrected chi connectivity index (χ2v) is 6.31. The fourth-order valence-corrected chi connectivity index (χ4v) is 3.56. The molecule has 2 atom stereocenters. The first-order valence-corrected chi connectivity index (χ1v) is 7.83. The van der Waals surface area contributed by atoms with Crippen molar-refractivity contribution in [1.29, 1.82) is 0 Å². The first kappa shape index (κ1) is 13.8. The Balaban J connectivity index is 1.63. The number of hydrogen-bond acceptors (Lipinski definition) is 2. The lowest BCUT2D eigenvalue weighted by atomic mass is 9.89. The number of fused-ring (bicyclic) bond motifs is 3. The zero-order valence-corrected chi connectivity index (χ0v) is 12.8. The molecule has 1 amide bonds. The fraction of sp³-hybridized carbons (Fsp3) is 0.278. The van der Waals surface area contributed by atoms with Gasteiger partial charge in [0.05, 0.1) is 18.6 Å². The van der Waals surface area contributed by atoms with E-state index in [1.54, 1.807) is 0 Å². The third-order valence-corrected chi connectivity index (χ3v) is 4.70. The Kier molecular flexibility index (Phi) is 3.40. The molecule has 1 fully saturated rings. The van der Waals surface area contributed by atoms with Gasteiger partial charge in [0.2, 0.25) is 5.91 Å². The van der Waals surface area contributed by atoms with Crippen LogP contribution < -0.4 is 0 Å². The molecule has 4 rings (SSSR count). The Morgan fingerprint density at radius 3 is 2.82 bits per heavy atom. The van der Waals surface area contributed by atoms with Gasteiger partial charge in [-0.05, 0) is 28.8 Å². The van der Waals surface area contributed by atoms with E-state index in [0.717, 1.165) is 16.7 Å².